The van der Waals surface area contributed by atoms with E-state index >= 15 is 0 Å². The van der Waals surface area contributed by atoms with Crippen LogP contribution in [-0.2, 0) is 0 Å². The van der Waals surface area contributed by atoms with Crippen molar-refractivity contribution in [2.45, 2.75) is 18.9 Å². The van der Waals surface area contributed by atoms with Gasteiger partial charge in [-0.15, -0.1) is 0 Å². The smallest absolute Gasteiger partial charge is 0.121 e. The topological polar surface area (TPSA) is 41.5 Å². The van der Waals surface area contributed by atoms with Crippen LogP contribution in [0.15, 0.2) is 18.2 Å². The van der Waals surface area contributed by atoms with Crippen molar-refractivity contribution in [3.05, 3.63) is 28.2 Å². The van der Waals surface area contributed by atoms with Gasteiger partial charge in [0.25, 0.3) is 0 Å². The summed E-state index contributed by atoms with van der Waals surface area (Å²) in [6.07, 6.45) is 2.01. The maximum Gasteiger partial charge on any atom is 0.121 e. The lowest BCUT2D eigenvalue weighted by atomic mass is 10.0. The predicted molar refractivity (Wildman–Crippen MR) is 90.9 cm³/mol. The SMILES string of the molecule is OC(CNCC1CCSCC1)COc1ccc(Cl)c(Cl)c1. The summed E-state index contributed by atoms with van der Waals surface area (Å²) in [5, 5.41) is 14.2. The molecule has 1 aliphatic rings. The van der Waals surface area contributed by atoms with Gasteiger partial charge < -0.3 is 15.2 Å². The number of aliphatic hydroxyl groups is 1. The Kier molecular flexibility index (Phi) is 7.47. The van der Waals surface area contributed by atoms with E-state index in [1.807, 2.05) is 11.8 Å². The lowest BCUT2D eigenvalue weighted by molar-refractivity contribution is 0.105. The molecule has 118 valence electrons. The van der Waals surface area contributed by atoms with Crippen molar-refractivity contribution in [1.82, 2.24) is 5.32 Å². The molecule has 2 N–H and O–H groups in total. The molecule has 0 saturated carbocycles. The summed E-state index contributed by atoms with van der Waals surface area (Å²) in [5.41, 5.74) is 0. The normalized spacial score (nSPS) is 17.7. The molecule has 1 atom stereocenters. The largest absolute Gasteiger partial charge is 0.491 e. The first kappa shape index (κ1) is 17.2. The van der Waals surface area contributed by atoms with Crippen LogP contribution >= 0.6 is 35.0 Å². The van der Waals surface area contributed by atoms with Gasteiger partial charge in [0.2, 0.25) is 0 Å². The molecule has 0 amide bonds. The van der Waals surface area contributed by atoms with E-state index < -0.39 is 6.10 Å². The number of rotatable bonds is 7. The molecule has 0 spiro atoms. The van der Waals surface area contributed by atoms with Crippen LogP contribution in [0.25, 0.3) is 0 Å². The molecule has 1 saturated heterocycles. The first-order valence-electron chi connectivity index (χ1n) is 7.19. The fourth-order valence-electron chi connectivity index (χ4n) is 2.22. The van der Waals surface area contributed by atoms with E-state index in [0.717, 1.165) is 12.5 Å². The van der Waals surface area contributed by atoms with Crippen LogP contribution in [0.3, 0.4) is 0 Å². The maximum atomic E-state index is 9.91. The Morgan fingerprint density at radius 3 is 2.76 bits per heavy atom. The van der Waals surface area contributed by atoms with Gasteiger partial charge in [0.15, 0.2) is 0 Å². The van der Waals surface area contributed by atoms with Crippen LogP contribution in [0.2, 0.25) is 10.0 Å². The second kappa shape index (κ2) is 9.11. The third kappa shape index (κ3) is 6.25. The molecule has 1 fully saturated rings. The highest BCUT2D eigenvalue weighted by Gasteiger charge is 2.14. The van der Waals surface area contributed by atoms with Crippen molar-refractivity contribution in [2.75, 3.05) is 31.2 Å². The summed E-state index contributed by atoms with van der Waals surface area (Å²) < 4.78 is 5.51. The molecule has 1 aromatic carbocycles. The Hall–Kier alpha value is -0.130. The number of hydrogen-bond acceptors (Lipinski definition) is 4. The van der Waals surface area contributed by atoms with Gasteiger partial charge in [-0.3, -0.25) is 0 Å². The minimum atomic E-state index is -0.530. The fourth-order valence-corrected chi connectivity index (χ4v) is 3.71. The molecule has 1 heterocycles. The Bertz CT molecular complexity index is 442. The van der Waals surface area contributed by atoms with Gasteiger partial charge >= 0.3 is 0 Å². The number of thioether (sulfide) groups is 1. The summed E-state index contributed by atoms with van der Waals surface area (Å²) >= 11 is 13.8. The van der Waals surface area contributed by atoms with Crippen molar-refractivity contribution in [3.63, 3.8) is 0 Å². The molecule has 2 rings (SSSR count). The summed E-state index contributed by atoms with van der Waals surface area (Å²) in [4.78, 5) is 0. The molecular formula is C15H21Cl2NO2S. The van der Waals surface area contributed by atoms with E-state index in [0.29, 0.717) is 22.3 Å². The van der Waals surface area contributed by atoms with Gasteiger partial charge in [-0.1, -0.05) is 23.2 Å². The standard InChI is InChI=1S/C15H21Cl2NO2S/c16-14-2-1-13(7-15(14)17)20-10-12(19)9-18-8-11-3-5-21-6-4-11/h1-2,7,11-12,18-19H,3-6,8-10H2. The Morgan fingerprint density at radius 1 is 1.29 bits per heavy atom. The monoisotopic (exact) mass is 349 g/mol. The molecule has 0 aromatic heterocycles. The number of hydrogen-bond donors (Lipinski definition) is 2. The number of aliphatic hydroxyl groups excluding tert-OH is 1. The highest BCUT2D eigenvalue weighted by molar-refractivity contribution is 7.99. The minimum absolute atomic E-state index is 0.242. The van der Waals surface area contributed by atoms with Crippen molar-refractivity contribution in [1.29, 1.82) is 0 Å². The Balaban J connectivity index is 1.62. The highest BCUT2D eigenvalue weighted by atomic mass is 35.5. The van der Waals surface area contributed by atoms with E-state index in [1.165, 1.54) is 24.3 Å². The zero-order chi connectivity index (χ0) is 15.1. The Labute approximate surface area is 140 Å². The summed E-state index contributed by atoms with van der Waals surface area (Å²) in [5.74, 6) is 3.88. The lowest BCUT2D eigenvalue weighted by Crippen LogP contribution is -2.35. The first-order chi connectivity index (χ1) is 10.1. The maximum absolute atomic E-state index is 9.91. The van der Waals surface area contributed by atoms with Gasteiger partial charge in [-0.2, -0.15) is 11.8 Å². The number of nitrogens with one attached hydrogen (secondary N) is 1. The van der Waals surface area contributed by atoms with E-state index in [1.54, 1.807) is 18.2 Å². The molecule has 1 aromatic rings. The van der Waals surface area contributed by atoms with Gasteiger partial charge in [0.1, 0.15) is 18.5 Å². The first-order valence-corrected chi connectivity index (χ1v) is 9.10. The molecule has 3 nitrogen and oxygen atoms in total. The molecule has 0 radical (unpaired) electrons. The third-order valence-corrected chi connectivity index (χ3v) is 5.28. The van der Waals surface area contributed by atoms with Crippen LogP contribution in [-0.4, -0.2) is 42.4 Å². The molecule has 21 heavy (non-hydrogen) atoms. The zero-order valence-corrected chi connectivity index (χ0v) is 14.2. The van der Waals surface area contributed by atoms with Crippen LogP contribution in [0.5, 0.6) is 5.75 Å². The molecule has 0 bridgehead atoms. The van der Waals surface area contributed by atoms with Crippen LogP contribution in [0.1, 0.15) is 12.8 Å². The van der Waals surface area contributed by atoms with Crippen LogP contribution < -0.4 is 10.1 Å². The van der Waals surface area contributed by atoms with Crippen LogP contribution in [0.4, 0.5) is 0 Å². The summed E-state index contributed by atoms with van der Waals surface area (Å²) in [7, 11) is 0. The summed E-state index contributed by atoms with van der Waals surface area (Å²) in [6, 6.07) is 5.09. The predicted octanol–water partition coefficient (Wildman–Crippen LogP) is 3.47. The van der Waals surface area contributed by atoms with Crippen molar-refractivity contribution >= 4 is 35.0 Å². The average Bonchev–Trinajstić information content (AvgIpc) is 2.49. The van der Waals surface area contributed by atoms with Gasteiger partial charge in [0, 0.05) is 12.6 Å². The molecule has 1 aliphatic heterocycles. The van der Waals surface area contributed by atoms with Gasteiger partial charge in [0.05, 0.1) is 10.0 Å². The number of benzene rings is 1. The van der Waals surface area contributed by atoms with E-state index in [2.05, 4.69) is 5.32 Å². The minimum Gasteiger partial charge on any atom is -0.491 e. The Morgan fingerprint density at radius 2 is 2.05 bits per heavy atom. The third-order valence-electron chi connectivity index (χ3n) is 3.49. The number of halogens is 2. The highest BCUT2D eigenvalue weighted by Crippen LogP contribution is 2.26. The van der Waals surface area contributed by atoms with Crippen LogP contribution in [0, 0.1) is 5.92 Å². The summed E-state index contributed by atoms with van der Waals surface area (Å²) in [6.45, 7) is 1.76. The molecular weight excluding hydrogens is 329 g/mol. The number of ether oxygens (including phenoxy) is 1. The second-order valence-electron chi connectivity index (χ2n) is 5.25. The molecule has 0 aliphatic carbocycles. The molecule has 1 unspecified atom stereocenters. The van der Waals surface area contributed by atoms with E-state index in [4.69, 9.17) is 27.9 Å². The second-order valence-corrected chi connectivity index (χ2v) is 7.29. The molecule has 6 heteroatoms. The van der Waals surface area contributed by atoms with Crippen molar-refractivity contribution < 1.29 is 9.84 Å². The zero-order valence-electron chi connectivity index (χ0n) is 11.9. The van der Waals surface area contributed by atoms with Crippen molar-refractivity contribution in [2.24, 2.45) is 5.92 Å². The lowest BCUT2D eigenvalue weighted by Gasteiger charge is -2.22. The van der Waals surface area contributed by atoms with Gasteiger partial charge in [-0.05, 0) is 48.9 Å². The fraction of sp³-hybridized carbons (Fsp3) is 0.600. The van der Waals surface area contributed by atoms with Gasteiger partial charge in [-0.25, -0.2) is 0 Å². The average molecular weight is 350 g/mol. The quantitative estimate of drug-likeness (QED) is 0.790. The van der Waals surface area contributed by atoms with E-state index in [9.17, 15) is 5.11 Å². The van der Waals surface area contributed by atoms with E-state index in [-0.39, 0.29) is 6.61 Å². The van der Waals surface area contributed by atoms with Crippen molar-refractivity contribution in [3.8, 4) is 5.75 Å².